The molecule has 0 heterocycles. The zero-order valence-corrected chi connectivity index (χ0v) is 15.1. The summed E-state index contributed by atoms with van der Waals surface area (Å²) in [6.07, 6.45) is 2.33. The van der Waals surface area contributed by atoms with E-state index in [1.165, 1.54) is 17.7 Å². The monoisotopic (exact) mass is 340 g/mol. The Morgan fingerprint density at radius 2 is 1.90 bits per heavy atom. The molecule has 0 fully saturated rings. The van der Waals surface area contributed by atoms with Crippen molar-refractivity contribution in [3.63, 3.8) is 0 Å². The number of nitrogens with zero attached hydrogens (tertiary/aromatic N) is 1. The first-order valence-corrected chi connectivity index (χ1v) is 8.63. The van der Waals surface area contributed by atoms with Crippen molar-refractivity contribution >= 4 is 21.6 Å². The molecular weight excluding hydrogens is 312 g/mol. The minimum absolute atomic E-state index is 0.376. The second-order valence-electron chi connectivity index (χ2n) is 5.42. The van der Waals surface area contributed by atoms with Gasteiger partial charge in [-0.15, -0.1) is 0 Å². The predicted octanol–water partition coefficient (Wildman–Crippen LogP) is 5.13. The van der Waals surface area contributed by atoms with Gasteiger partial charge in [-0.05, 0) is 63.9 Å². The molecule has 1 aromatic rings. The number of hydrogen-bond donors (Lipinski definition) is 1. The fourth-order valence-corrected chi connectivity index (χ4v) is 2.92. The summed E-state index contributed by atoms with van der Waals surface area (Å²) in [5.74, 6) is 0. The molecule has 0 amide bonds. The zero-order chi connectivity index (χ0) is 15.1. The van der Waals surface area contributed by atoms with Crippen LogP contribution in [0.25, 0.3) is 0 Å². The summed E-state index contributed by atoms with van der Waals surface area (Å²) in [7, 11) is 0. The van der Waals surface area contributed by atoms with E-state index < -0.39 is 0 Å². The van der Waals surface area contributed by atoms with Gasteiger partial charge in [-0.25, -0.2) is 0 Å². The maximum atomic E-state index is 3.61. The van der Waals surface area contributed by atoms with Crippen LogP contribution in [0.5, 0.6) is 0 Å². The highest BCUT2D eigenvalue weighted by Gasteiger charge is 2.18. The van der Waals surface area contributed by atoms with Gasteiger partial charge in [-0.3, -0.25) is 0 Å². The van der Waals surface area contributed by atoms with Crippen molar-refractivity contribution in [2.45, 2.75) is 59.5 Å². The summed E-state index contributed by atoms with van der Waals surface area (Å²) < 4.78 is 1.15. The number of rotatable bonds is 8. The normalized spacial score (nSPS) is 14.1. The van der Waals surface area contributed by atoms with Gasteiger partial charge in [-0.1, -0.05) is 29.8 Å². The van der Waals surface area contributed by atoms with Gasteiger partial charge in [0.05, 0.1) is 0 Å². The third-order valence-corrected chi connectivity index (χ3v) is 4.42. The van der Waals surface area contributed by atoms with Crippen molar-refractivity contribution in [1.29, 1.82) is 0 Å². The van der Waals surface area contributed by atoms with Crippen molar-refractivity contribution in [1.82, 2.24) is 5.32 Å². The Morgan fingerprint density at radius 1 is 1.20 bits per heavy atom. The minimum Gasteiger partial charge on any atom is -0.369 e. The van der Waals surface area contributed by atoms with E-state index in [-0.39, 0.29) is 0 Å². The van der Waals surface area contributed by atoms with Crippen molar-refractivity contribution in [2.75, 3.05) is 18.0 Å². The molecule has 0 aliphatic heterocycles. The zero-order valence-electron chi connectivity index (χ0n) is 13.5. The topological polar surface area (TPSA) is 15.3 Å². The number of nitrogens with one attached hydrogen (secondary N) is 1. The van der Waals surface area contributed by atoms with E-state index in [4.69, 9.17) is 0 Å². The van der Waals surface area contributed by atoms with Crippen LogP contribution in [-0.2, 0) is 0 Å². The number of hydrogen-bond acceptors (Lipinski definition) is 2. The summed E-state index contributed by atoms with van der Waals surface area (Å²) in [5, 5.41) is 3.60. The predicted molar refractivity (Wildman–Crippen MR) is 93.6 cm³/mol. The molecule has 0 aliphatic rings. The quantitative estimate of drug-likeness (QED) is 0.705. The van der Waals surface area contributed by atoms with Crippen LogP contribution in [0.15, 0.2) is 22.7 Å². The lowest BCUT2D eigenvalue weighted by Crippen LogP contribution is -2.34. The smallest absolute Gasteiger partial charge is 0.0417 e. The van der Waals surface area contributed by atoms with Gasteiger partial charge in [0.1, 0.15) is 0 Å². The Kier molecular flexibility index (Phi) is 7.60. The van der Waals surface area contributed by atoms with Gasteiger partial charge >= 0.3 is 0 Å². The van der Waals surface area contributed by atoms with Gasteiger partial charge in [0, 0.05) is 28.8 Å². The van der Waals surface area contributed by atoms with E-state index in [1.54, 1.807) is 0 Å². The first-order valence-electron chi connectivity index (χ1n) is 7.84. The maximum absolute atomic E-state index is 3.61. The van der Waals surface area contributed by atoms with Crippen molar-refractivity contribution < 1.29 is 0 Å². The highest BCUT2D eigenvalue weighted by molar-refractivity contribution is 9.10. The Hall–Kier alpha value is -0.540. The second-order valence-corrected chi connectivity index (χ2v) is 6.34. The van der Waals surface area contributed by atoms with Crippen LogP contribution in [0.2, 0.25) is 0 Å². The third kappa shape index (κ3) is 4.49. The third-order valence-electron chi connectivity index (χ3n) is 3.93. The van der Waals surface area contributed by atoms with Gasteiger partial charge in [0.25, 0.3) is 0 Å². The number of halogens is 1. The lowest BCUT2D eigenvalue weighted by atomic mass is 10.0. The first kappa shape index (κ1) is 17.5. The van der Waals surface area contributed by atoms with Crippen molar-refractivity contribution in [3.05, 3.63) is 28.2 Å². The lowest BCUT2D eigenvalue weighted by molar-refractivity contribution is 0.562. The highest BCUT2D eigenvalue weighted by Crippen LogP contribution is 2.31. The molecule has 2 nitrogen and oxygen atoms in total. The van der Waals surface area contributed by atoms with E-state index in [1.807, 2.05) is 0 Å². The molecule has 1 rings (SSSR count). The van der Waals surface area contributed by atoms with Gasteiger partial charge in [0.15, 0.2) is 0 Å². The van der Waals surface area contributed by atoms with Gasteiger partial charge in [0.2, 0.25) is 0 Å². The molecule has 0 saturated heterocycles. The van der Waals surface area contributed by atoms with Crippen LogP contribution >= 0.6 is 15.9 Å². The SMILES string of the molecule is CCCNC(C)c1cc(Br)ccc1N(CC)C(C)CC. The molecule has 1 N–H and O–H groups in total. The van der Waals surface area contributed by atoms with Crippen molar-refractivity contribution in [2.24, 2.45) is 0 Å². The van der Waals surface area contributed by atoms with Crippen LogP contribution in [0.3, 0.4) is 0 Å². The van der Waals surface area contributed by atoms with Crippen LogP contribution in [0.4, 0.5) is 5.69 Å². The fraction of sp³-hybridized carbons (Fsp3) is 0.647. The molecule has 3 heteroatoms. The van der Waals surface area contributed by atoms with Gasteiger partial charge < -0.3 is 10.2 Å². The maximum Gasteiger partial charge on any atom is 0.0417 e. The van der Waals surface area contributed by atoms with Crippen molar-refractivity contribution in [3.8, 4) is 0 Å². The fourth-order valence-electron chi connectivity index (χ4n) is 2.54. The standard InChI is InChI=1S/C17H29BrN2/c1-6-11-19-14(5)16-12-15(18)9-10-17(16)20(8-3)13(4)7-2/h9-10,12-14,19H,6-8,11H2,1-5H3. The van der Waals surface area contributed by atoms with E-state index >= 15 is 0 Å². The van der Waals surface area contributed by atoms with Crippen LogP contribution < -0.4 is 10.2 Å². The average Bonchev–Trinajstić information content (AvgIpc) is 2.46. The Balaban J connectivity index is 3.11. The molecule has 0 saturated carbocycles. The van der Waals surface area contributed by atoms with E-state index in [2.05, 4.69) is 79.0 Å². The van der Waals surface area contributed by atoms with Crippen LogP contribution in [0.1, 0.15) is 59.1 Å². The molecule has 0 bridgehead atoms. The minimum atomic E-state index is 0.376. The Labute approximate surface area is 133 Å². The Morgan fingerprint density at radius 3 is 2.45 bits per heavy atom. The van der Waals surface area contributed by atoms with Crippen LogP contribution in [-0.4, -0.2) is 19.1 Å². The highest BCUT2D eigenvalue weighted by atomic mass is 79.9. The molecule has 20 heavy (non-hydrogen) atoms. The molecule has 0 spiro atoms. The Bertz CT molecular complexity index is 406. The first-order chi connectivity index (χ1) is 9.54. The second kappa shape index (κ2) is 8.68. The summed E-state index contributed by atoms with van der Waals surface area (Å²) >= 11 is 3.61. The largest absolute Gasteiger partial charge is 0.369 e. The molecular formula is C17H29BrN2. The molecule has 2 unspecified atom stereocenters. The molecule has 1 aromatic carbocycles. The van der Waals surface area contributed by atoms with Crippen LogP contribution in [0, 0.1) is 0 Å². The molecule has 0 radical (unpaired) electrons. The number of benzene rings is 1. The van der Waals surface area contributed by atoms with E-state index in [0.717, 1.165) is 24.0 Å². The summed E-state index contributed by atoms with van der Waals surface area (Å²) in [5.41, 5.74) is 2.75. The van der Waals surface area contributed by atoms with E-state index in [9.17, 15) is 0 Å². The molecule has 0 aromatic heterocycles. The summed E-state index contributed by atoms with van der Waals surface area (Å²) in [6, 6.07) is 7.60. The number of anilines is 1. The molecule has 2 atom stereocenters. The summed E-state index contributed by atoms with van der Waals surface area (Å²) in [4.78, 5) is 2.51. The molecule has 0 aliphatic carbocycles. The average molecular weight is 341 g/mol. The van der Waals surface area contributed by atoms with Gasteiger partial charge in [-0.2, -0.15) is 0 Å². The molecule has 114 valence electrons. The van der Waals surface area contributed by atoms with E-state index in [0.29, 0.717) is 12.1 Å². The lowest BCUT2D eigenvalue weighted by Gasteiger charge is -2.33. The summed E-state index contributed by atoms with van der Waals surface area (Å²) in [6.45, 7) is 13.4.